The van der Waals surface area contributed by atoms with Gasteiger partial charge in [-0.1, -0.05) is 47.5 Å². The van der Waals surface area contributed by atoms with Crippen molar-refractivity contribution in [3.63, 3.8) is 0 Å². The minimum Gasteiger partial charge on any atom is -0.462 e. The molecule has 4 rings (SSSR count). The normalized spacial score (nSPS) is 15.2. The number of amides is 3. The van der Waals surface area contributed by atoms with Gasteiger partial charge in [0.15, 0.2) is 0 Å². The van der Waals surface area contributed by atoms with Gasteiger partial charge in [-0.3, -0.25) is 14.4 Å². The van der Waals surface area contributed by atoms with Crippen molar-refractivity contribution in [3.8, 4) is 0 Å². The summed E-state index contributed by atoms with van der Waals surface area (Å²) in [6.45, 7) is 3.92. The SMILES string of the molecule is CCOC(=O)c1ccc(N2C(=O)CC(N(Cc3ccccc3Cl)C(=O)c3ccc(C)cc3)C2=O)cc1. The number of imide groups is 1. The molecule has 0 aliphatic carbocycles. The first-order valence-electron chi connectivity index (χ1n) is 11.5. The number of hydrogen-bond donors (Lipinski definition) is 0. The van der Waals surface area contributed by atoms with Crippen molar-refractivity contribution in [2.75, 3.05) is 11.5 Å². The predicted molar refractivity (Wildman–Crippen MR) is 136 cm³/mol. The lowest BCUT2D eigenvalue weighted by Gasteiger charge is -2.28. The van der Waals surface area contributed by atoms with Crippen LogP contribution in [0.5, 0.6) is 0 Å². The number of hydrogen-bond acceptors (Lipinski definition) is 5. The third-order valence-electron chi connectivity index (χ3n) is 5.99. The van der Waals surface area contributed by atoms with E-state index in [4.69, 9.17) is 16.3 Å². The third kappa shape index (κ3) is 5.16. The van der Waals surface area contributed by atoms with E-state index in [1.807, 2.05) is 19.1 Å². The van der Waals surface area contributed by atoms with Crippen molar-refractivity contribution in [1.82, 2.24) is 4.90 Å². The van der Waals surface area contributed by atoms with Crippen LogP contribution in [0.15, 0.2) is 72.8 Å². The number of halogens is 1. The van der Waals surface area contributed by atoms with Crippen LogP contribution in [-0.2, 0) is 20.9 Å². The second-order valence-electron chi connectivity index (χ2n) is 8.45. The Labute approximate surface area is 214 Å². The van der Waals surface area contributed by atoms with Crippen molar-refractivity contribution in [1.29, 1.82) is 0 Å². The Hall–Kier alpha value is -3.97. The standard InChI is InChI=1S/C28H25ClN2O5/c1-3-36-28(35)20-12-14-22(15-13-20)31-25(32)16-24(27(31)34)30(17-21-6-4-5-7-23(21)29)26(33)19-10-8-18(2)9-11-19/h4-15,24H,3,16-17H2,1-2H3. The zero-order valence-electron chi connectivity index (χ0n) is 19.9. The van der Waals surface area contributed by atoms with Crippen molar-refractivity contribution >= 4 is 41.0 Å². The molecule has 3 aromatic rings. The van der Waals surface area contributed by atoms with E-state index >= 15 is 0 Å². The number of ether oxygens (including phenoxy) is 1. The van der Waals surface area contributed by atoms with Crippen molar-refractivity contribution in [2.45, 2.75) is 32.9 Å². The Morgan fingerprint density at radius 1 is 0.972 bits per heavy atom. The average Bonchev–Trinajstić information content (AvgIpc) is 3.17. The lowest BCUT2D eigenvalue weighted by atomic mass is 10.1. The quantitative estimate of drug-likeness (QED) is 0.341. The fourth-order valence-corrected chi connectivity index (χ4v) is 4.28. The molecule has 184 valence electrons. The highest BCUT2D eigenvalue weighted by Gasteiger charge is 2.44. The van der Waals surface area contributed by atoms with Gasteiger partial charge in [0, 0.05) is 17.1 Å². The van der Waals surface area contributed by atoms with E-state index < -0.39 is 23.8 Å². The van der Waals surface area contributed by atoms with Gasteiger partial charge in [0.2, 0.25) is 5.91 Å². The first kappa shape index (κ1) is 25.1. The molecule has 1 unspecified atom stereocenters. The number of benzene rings is 3. The van der Waals surface area contributed by atoms with Gasteiger partial charge in [0.1, 0.15) is 6.04 Å². The largest absolute Gasteiger partial charge is 0.462 e. The highest BCUT2D eigenvalue weighted by atomic mass is 35.5. The van der Waals surface area contributed by atoms with Crippen LogP contribution in [0, 0.1) is 6.92 Å². The fraction of sp³-hybridized carbons (Fsp3) is 0.214. The molecule has 3 aromatic carbocycles. The molecular formula is C28H25ClN2O5. The molecule has 7 nitrogen and oxygen atoms in total. The van der Waals surface area contributed by atoms with Crippen LogP contribution in [-0.4, -0.2) is 41.2 Å². The third-order valence-corrected chi connectivity index (χ3v) is 6.36. The van der Waals surface area contributed by atoms with E-state index in [1.165, 1.54) is 29.2 Å². The van der Waals surface area contributed by atoms with E-state index in [0.29, 0.717) is 27.4 Å². The van der Waals surface area contributed by atoms with Gasteiger partial charge in [-0.05, 0) is 61.9 Å². The van der Waals surface area contributed by atoms with Gasteiger partial charge in [0.05, 0.1) is 24.3 Å². The van der Waals surface area contributed by atoms with Crippen LogP contribution in [0.4, 0.5) is 5.69 Å². The summed E-state index contributed by atoms with van der Waals surface area (Å²) in [7, 11) is 0. The second kappa shape index (κ2) is 10.7. The van der Waals surface area contributed by atoms with Crippen LogP contribution in [0.3, 0.4) is 0 Å². The number of carbonyl (C=O) groups is 4. The van der Waals surface area contributed by atoms with E-state index in [1.54, 1.807) is 43.3 Å². The summed E-state index contributed by atoms with van der Waals surface area (Å²) in [5, 5.41) is 0.461. The lowest BCUT2D eigenvalue weighted by molar-refractivity contribution is -0.122. The summed E-state index contributed by atoms with van der Waals surface area (Å²) in [5.41, 5.74) is 2.70. The zero-order chi connectivity index (χ0) is 25.8. The molecule has 0 bridgehead atoms. The highest BCUT2D eigenvalue weighted by Crippen LogP contribution is 2.29. The van der Waals surface area contributed by atoms with E-state index in [-0.39, 0.29) is 25.5 Å². The van der Waals surface area contributed by atoms with Crippen LogP contribution in [0.1, 0.15) is 45.2 Å². The van der Waals surface area contributed by atoms with Crippen LogP contribution in [0.25, 0.3) is 0 Å². The molecule has 1 heterocycles. The second-order valence-corrected chi connectivity index (χ2v) is 8.85. The molecule has 1 saturated heterocycles. The number of rotatable bonds is 7. The van der Waals surface area contributed by atoms with Crippen LogP contribution >= 0.6 is 11.6 Å². The van der Waals surface area contributed by atoms with Gasteiger partial charge in [-0.2, -0.15) is 0 Å². The van der Waals surface area contributed by atoms with Gasteiger partial charge in [-0.15, -0.1) is 0 Å². The Bertz CT molecular complexity index is 1300. The fourth-order valence-electron chi connectivity index (χ4n) is 4.09. The number of aryl methyl sites for hydroxylation is 1. The van der Waals surface area contributed by atoms with Crippen molar-refractivity contribution < 1.29 is 23.9 Å². The first-order valence-corrected chi connectivity index (χ1v) is 11.9. The molecular weight excluding hydrogens is 480 g/mol. The summed E-state index contributed by atoms with van der Waals surface area (Å²) in [4.78, 5) is 54.5. The summed E-state index contributed by atoms with van der Waals surface area (Å²) in [6, 6.07) is 19.1. The maximum absolute atomic E-state index is 13.6. The Kier molecular flexibility index (Phi) is 7.50. The minimum absolute atomic E-state index is 0.0612. The van der Waals surface area contributed by atoms with E-state index in [0.717, 1.165) is 10.5 Å². The molecule has 1 atom stereocenters. The van der Waals surface area contributed by atoms with E-state index in [9.17, 15) is 19.2 Å². The Balaban J connectivity index is 1.65. The maximum Gasteiger partial charge on any atom is 0.338 e. The zero-order valence-corrected chi connectivity index (χ0v) is 20.7. The first-order chi connectivity index (χ1) is 17.3. The van der Waals surface area contributed by atoms with Crippen molar-refractivity contribution in [2.24, 2.45) is 0 Å². The number of esters is 1. The average molecular weight is 505 g/mol. The summed E-state index contributed by atoms with van der Waals surface area (Å²) >= 11 is 6.36. The molecule has 1 aliphatic rings. The Morgan fingerprint density at radius 3 is 2.25 bits per heavy atom. The van der Waals surface area contributed by atoms with E-state index in [2.05, 4.69) is 0 Å². The molecule has 0 spiro atoms. The molecule has 1 fully saturated rings. The molecule has 0 N–H and O–H groups in total. The molecule has 3 amide bonds. The topological polar surface area (TPSA) is 84.0 Å². The minimum atomic E-state index is -1.01. The predicted octanol–water partition coefficient (Wildman–Crippen LogP) is 4.80. The number of carbonyl (C=O) groups excluding carboxylic acids is 4. The summed E-state index contributed by atoms with van der Waals surface area (Å²) in [6.07, 6.45) is -0.166. The van der Waals surface area contributed by atoms with Crippen molar-refractivity contribution in [3.05, 3.63) is 100 Å². The number of nitrogens with zero attached hydrogens (tertiary/aromatic N) is 2. The van der Waals surface area contributed by atoms with Gasteiger partial charge in [-0.25, -0.2) is 9.69 Å². The summed E-state index contributed by atoms with van der Waals surface area (Å²) in [5.74, 6) is -1.82. The van der Waals surface area contributed by atoms with Crippen LogP contribution < -0.4 is 4.90 Å². The molecule has 0 radical (unpaired) electrons. The van der Waals surface area contributed by atoms with Gasteiger partial charge < -0.3 is 9.64 Å². The smallest absolute Gasteiger partial charge is 0.338 e. The molecule has 8 heteroatoms. The summed E-state index contributed by atoms with van der Waals surface area (Å²) < 4.78 is 4.98. The molecule has 36 heavy (non-hydrogen) atoms. The molecule has 0 aromatic heterocycles. The van der Waals surface area contributed by atoms with Gasteiger partial charge in [0.25, 0.3) is 11.8 Å². The monoisotopic (exact) mass is 504 g/mol. The molecule has 0 saturated carbocycles. The Morgan fingerprint density at radius 2 is 1.61 bits per heavy atom. The van der Waals surface area contributed by atoms with Crippen LogP contribution in [0.2, 0.25) is 5.02 Å². The number of anilines is 1. The maximum atomic E-state index is 13.6. The highest BCUT2D eigenvalue weighted by molar-refractivity contribution is 6.31. The van der Waals surface area contributed by atoms with Gasteiger partial charge >= 0.3 is 5.97 Å². The lowest BCUT2D eigenvalue weighted by Crippen LogP contribution is -2.45. The molecule has 1 aliphatic heterocycles.